The number of rotatable bonds is 3. The average molecular weight is 220 g/mol. The summed E-state index contributed by atoms with van der Waals surface area (Å²) in [6.07, 6.45) is 1.07. The second-order valence-corrected chi connectivity index (χ2v) is 4.21. The minimum absolute atomic E-state index is 0.290. The van der Waals surface area contributed by atoms with Crippen LogP contribution in [0.4, 0.5) is 0 Å². The fraction of sp³-hybridized carbons (Fsp3) is 0.462. The summed E-state index contributed by atoms with van der Waals surface area (Å²) < 4.78 is 11.0. The molecule has 2 rings (SSSR count). The molecule has 1 aromatic carbocycles. The second-order valence-electron chi connectivity index (χ2n) is 4.21. The molecule has 0 aliphatic carbocycles. The predicted octanol–water partition coefficient (Wildman–Crippen LogP) is 2.82. The number of benzene rings is 1. The first kappa shape index (κ1) is 11.1. The first-order valence-corrected chi connectivity index (χ1v) is 5.60. The topological polar surface area (TPSA) is 35.5 Å². The third kappa shape index (κ3) is 2.09. The summed E-state index contributed by atoms with van der Waals surface area (Å²) in [7, 11) is 0. The van der Waals surface area contributed by atoms with E-state index in [2.05, 4.69) is 0 Å². The molecule has 0 N–H and O–H groups in total. The van der Waals surface area contributed by atoms with E-state index in [4.69, 9.17) is 9.47 Å². The predicted molar refractivity (Wildman–Crippen MR) is 59.7 cm³/mol. The summed E-state index contributed by atoms with van der Waals surface area (Å²) in [5.41, 5.74) is 0.854. The van der Waals surface area contributed by atoms with Crippen molar-refractivity contribution in [3.63, 3.8) is 0 Å². The van der Waals surface area contributed by atoms with Crippen LogP contribution in [0.5, 0.6) is 0 Å². The molecule has 86 valence electrons. The summed E-state index contributed by atoms with van der Waals surface area (Å²) in [5.74, 6) is -1.05. The van der Waals surface area contributed by atoms with Gasteiger partial charge in [-0.15, -0.1) is 0 Å². The number of esters is 1. The van der Waals surface area contributed by atoms with Gasteiger partial charge in [0.1, 0.15) is 0 Å². The smallest absolute Gasteiger partial charge is 0.342 e. The number of carbonyl (C=O) groups is 1. The lowest BCUT2D eigenvalue weighted by atomic mass is 10.1. The van der Waals surface area contributed by atoms with Gasteiger partial charge < -0.3 is 9.47 Å². The summed E-state index contributed by atoms with van der Waals surface area (Å²) in [5, 5.41) is 0. The summed E-state index contributed by atoms with van der Waals surface area (Å²) in [6.45, 7) is 3.86. The van der Waals surface area contributed by atoms with E-state index in [0.29, 0.717) is 0 Å². The maximum absolute atomic E-state index is 11.7. The van der Waals surface area contributed by atoms with Crippen molar-refractivity contribution >= 4 is 5.97 Å². The molecule has 0 bridgehead atoms. The molecule has 3 heteroatoms. The normalized spacial score (nSPS) is 29.1. The van der Waals surface area contributed by atoms with Crippen LogP contribution in [0.1, 0.15) is 38.4 Å². The fourth-order valence-corrected chi connectivity index (χ4v) is 1.98. The molecule has 0 aromatic heterocycles. The lowest BCUT2D eigenvalue weighted by Crippen LogP contribution is -2.25. The van der Waals surface area contributed by atoms with Crippen molar-refractivity contribution in [1.82, 2.24) is 0 Å². The average Bonchev–Trinajstić information content (AvgIpc) is 2.56. The Kier molecular flexibility index (Phi) is 2.97. The highest BCUT2D eigenvalue weighted by molar-refractivity contribution is 5.78. The van der Waals surface area contributed by atoms with Crippen LogP contribution in [0.25, 0.3) is 0 Å². The van der Waals surface area contributed by atoms with Gasteiger partial charge in [0.15, 0.2) is 6.10 Å². The Labute approximate surface area is 95.4 Å². The molecule has 1 aliphatic rings. The standard InChI is InChI=1S/C13H16O3/c1-3-9-13(2)15-11(12(14)16-13)10-7-5-4-6-8-10/h4-8,11H,3,9H2,1-2H3/t11-,13-/m1/s1. The third-order valence-electron chi connectivity index (χ3n) is 2.70. The van der Waals surface area contributed by atoms with Crippen molar-refractivity contribution < 1.29 is 14.3 Å². The maximum atomic E-state index is 11.7. The Bertz CT molecular complexity index is 374. The van der Waals surface area contributed by atoms with Gasteiger partial charge in [-0.25, -0.2) is 4.79 Å². The molecule has 0 amide bonds. The van der Waals surface area contributed by atoms with Crippen molar-refractivity contribution in [3.8, 4) is 0 Å². The van der Waals surface area contributed by atoms with Gasteiger partial charge in [-0.3, -0.25) is 0 Å². The van der Waals surface area contributed by atoms with Gasteiger partial charge in [0.25, 0.3) is 0 Å². The van der Waals surface area contributed by atoms with E-state index >= 15 is 0 Å². The van der Waals surface area contributed by atoms with Crippen LogP contribution >= 0.6 is 0 Å². The lowest BCUT2D eigenvalue weighted by Gasteiger charge is -2.20. The van der Waals surface area contributed by atoms with Crippen molar-refractivity contribution in [1.29, 1.82) is 0 Å². The van der Waals surface area contributed by atoms with Gasteiger partial charge in [-0.2, -0.15) is 0 Å². The largest absolute Gasteiger partial charge is 0.431 e. The van der Waals surface area contributed by atoms with Crippen molar-refractivity contribution in [3.05, 3.63) is 35.9 Å². The third-order valence-corrected chi connectivity index (χ3v) is 2.70. The Morgan fingerprint density at radius 2 is 2.00 bits per heavy atom. The molecule has 0 saturated carbocycles. The molecule has 1 aliphatic heterocycles. The highest BCUT2D eigenvalue weighted by Crippen LogP contribution is 2.36. The number of ether oxygens (including phenoxy) is 2. The summed E-state index contributed by atoms with van der Waals surface area (Å²) in [6, 6.07) is 9.45. The zero-order valence-electron chi connectivity index (χ0n) is 9.60. The molecular formula is C13H16O3. The highest BCUT2D eigenvalue weighted by atomic mass is 16.8. The minimum atomic E-state index is -0.758. The number of hydrogen-bond donors (Lipinski definition) is 0. The molecular weight excluding hydrogens is 204 g/mol. The molecule has 0 unspecified atom stereocenters. The SMILES string of the molecule is CCC[C@@]1(C)OC(=O)[C@@H](c2ccccc2)O1. The van der Waals surface area contributed by atoms with E-state index in [9.17, 15) is 4.79 Å². The molecule has 1 aromatic rings. The van der Waals surface area contributed by atoms with Crippen LogP contribution in [0, 0.1) is 0 Å². The second kappa shape index (κ2) is 4.26. The van der Waals surface area contributed by atoms with Gasteiger partial charge in [0.2, 0.25) is 5.79 Å². The molecule has 1 saturated heterocycles. The van der Waals surface area contributed by atoms with Crippen LogP contribution in [-0.4, -0.2) is 11.8 Å². The van der Waals surface area contributed by atoms with Gasteiger partial charge >= 0.3 is 5.97 Å². The van der Waals surface area contributed by atoms with E-state index < -0.39 is 11.9 Å². The zero-order valence-corrected chi connectivity index (χ0v) is 9.60. The molecule has 1 heterocycles. The van der Waals surface area contributed by atoms with Gasteiger partial charge in [0, 0.05) is 13.3 Å². The minimum Gasteiger partial charge on any atom is -0.431 e. The van der Waals surface area contributed by atoms with Crippen molar-refractivity contribution in [2.45, 2.75) is 38.6 Å². The zero-order chi connectivity index (χ0) is 11.6. The van der Waals surface area contributed by atoms with Crippen LogP contribution in [0.2, 0.25) is 0 Å². The molecule has 2 atom stereocenters. The monoisotopic (exact) mass is 220 g/mol. The number of carbonyl (C=O) groups excluding carboxylic acids is 1. The first-order chi connectivity index (χ1) is 7.64. The maximum Gasteiger partial charge on any atom is 0.342 e. The van der Waals surface area contributed by atoms with E-state index in [1.54, 1.807) is 0 Å². The number of cyclic esters (lactones) is 1. The first-order valence-electron chi connectivity index (χ1n) is 5.60. The molecule has 1 fully saturated rings. The summed E-state index contributed by atoms with van der Waals surface area (Å²) in [4.78, 5) is 11.7. The highest BCUT2D eigenvalue weighted by Gasteiger charge is 2.44. The number of hydrogen-bond acceptors (Lipinski definition) is 3. The Morgan fingerprint density at radius 3 is 2.62 bits per heavy atom. The molecule has 0 radical (unpaired) electrons. The molecule has 16 heavy (non-hydrogen) atoms. The molecule has 0 spiro atoms. The quantitative estimate of drug-likeness (QED) is 0.735. The van der Waals surface area contributed by atoms with Crippen LogP contribution in [-0.2, 0) is 14.3 Å². The van der Waals surface area contributed by atoms with Crippen LogP contribution in [0.15, 0.2) is 30.3 Å². The fourth-order valence-electron chi connectivity index (χ4n) is 1.98. The van der Waals surface area contributed by atoms with E-state index in [-0.39, 0.29) is 5.97 Å². The van der Waals surface area contributed by atoms with Gasteiger partial charge in [-0.05, 0) is 12.0 Å². The summed E-state index contributed by atoms with van der Waals surface area (Å²) >= 11 is 0. The van der Waals surface area contributed by atoms with Crippen LogP contribution < -0.4 is 0 Å². The van der Waals surface area contributed by atoms with Crippen molar-refractivity contribution in [2.75, 3.05) is 0 Å². The Morgan fingerprint density at radius 1 is 1.31 bits per heavy atom. The van der Waals surface area contributed by atoms with E-state index in [1.165, 1.54) is 0 Å². The lowest BCUT2D eigenvalue weighted by molar-refractivity contribution is -0.171. The van der Waals surface area contributed by atoms with Crippen molar-refractivity contribution in [2.24, 2.45) is 0 Å². The van der Waals surface area contributed by atoms with Gasteiger partial charge in [0.05, 0.1) is 0 Å². The van der Waals surface area contributed by atoms with Gasteiger partial charge in [-0.1, -0.05) is 37.3 Å². The molecule has 3 nitrogen and oxygen atoms in total. The van der Waals surface area contributed by atoms with E-state index in [1.807, 2.05) is 44.2 Å². The Hall–Kier alpha value is -1.35. The Balaban J connectivity index is 2.17. The van der Waals surface area contributed by atoms with E-state index in [0.717, 1.165) is 18.4 Å². The van der Waals surface area contributed by atoms with Crippen LogP contribution in [0.3, 0.4) is 0 Å².